The van der Waals surface area contributed by atoms with Gasteiger partial charge in [0.25, 0.3) is 0 Å². The summed E-state index contributed by atoms with van der Waals surface area (Å²) in [5.74, 6) is 1.79. The number of nitrogens with zero attached hydrogens (tertiary/aromatic N) is 4. The molecule has 7 nitrogen and oxygen atoms in total. The van der Waals surface area contributed by atoms with E-state index >= 15 is 0 Å². The fourth-order valence-electron chi connectivity index (χ4n) is 1.37. The average Bonchev–Trinajstić information content (AvgIpc) is 2.37. The molecule has 2 atom stereocenters. The Morgan fingerprint density at radius 1 is 1.16 bits per heavy atom. The topological polar surface area (TPSA) is 86.2 Å². The summed E-state index contributed by atoms with van der Waals surface area (Å²) in [6.07, 6.45) is 0. The summed E-state index contributed by atoms with van der Waals surface area (Å²) in [5, 5.41) is 15.4. The summed E-state index contributed by atoms with van der Waals surface area (Å²) < 4.78 is 0. The molecule has 3 N–H and O–H groups in total. The summed E-state index contributed by atoms with van der Waals surface area (Å²) in [4.78, 5) is 14.8. The molecule has 108 valence electrons. The van der Waals surface area contributed by atoms with Crippen LogP contribution in [-0.2, 0) is 0 Å². The molecule has 7 heteroatoms. The number of nitrogens with one attached hydrogen (secondary N) is 2. The van der Waals surface area contributed by atoms with Gasteiger partial charge in [-0.25, -0.2) is 0 Å². The molecule has 1 aromatic heterocycles. The zero-order valence-electron chi connectivity index (χ0n) is 12.3. The standard InChI is InChI=1S/C12H24N6O/c1-6-13-10-15-11(14-9(3)8(2)7-19)17-12(16-10)18(4)5/h8-9,19H,6-7H2,1-5H3,(H2,13,14,15,16,17). The molecule has 0 aliphatic heterocycles. The fraction of sp³-hybridized carbons (Fsp3) is 0.750. The third-order valence-electron chi connectivity index (χ3n) is 2.86. The Morgan fingerprint density at radius 3 is 2.32 bits per heavy atom. The molecule has 0 saturated carbocycles. The Bertz CT molecular complexity index is 398. The van der Waals surface area contributed by atoms with E-state index in [9.17, 15) is 0 Å². The Balaban J connectivity index is 2.92. The van der Waals surface area contributed by atoms with Crippen LogP contribution in [0.4, 0.5) is 17.8 Å². The van der Waals surface area contributed by atoms with Crippen molar-refractivity contribution in [1.82, 2.24) is 15.0 Å². The first-order chi connectivity index (χ1) is 8.97. The van der Waals surface area contributed by atoms with Crippen molar-refractivity contribution < 1.29 is 5.11 Å². The van der Waals surface area contributed by atoms with Crippen LogP contribution in [0.2, 0.25) is 0 Å². The van der Waals surface area contributed by atoms with Crippen molar-refractivity contribution in [2.45, 2.75) is 26.8 Å². The molecular formula is C12H24N6O. The van der Waals surface area contributed by atoms with Gasteiger partial charge in [-0.3, -0.25) is 0 Å². The van der Waals surface area contributed by atoms with Gasteiger partial charge in [0.1, 0.15) is 0 Å². The number of hydrogen-bond acceptors (Lipinski definition) is 7. The van der Waals surface area contributed by atoms with Crippen molar-refractivity contribution in [1.29, 1.82) is 0 Å². The van der Waals surface area contributed by atoms with E-state index in [0.717, 1.165) is 6.54 Å². The quantitative estimate of drug-likeness (QED) is 0.674. The molecule has 0 spiro atoms. The molecule has 1 rings (SSSR count). The second-order valence-electron chi connectivity index (χ2n) is 4.80. The summed E-state index contributed by atoms with van der Waals surface area (Å²) in [6.45, 7) is 6.82. The van der Waals surface area contributed by atoms with Crippen LogP contribution in [0.15, 0.2) is 0 Å². The molecule has 19 heavy (non-hydrogen) atoms. The first kappa shape index (κ1) is 15.4. The van der Waals surface area contributed by atoms with Gasteiger partial charge in [0.15, 0.2) is 0 Å². The number of aromatic nitrogens is 3. The lowest BCUT2D eigenvalue weighted by molar-refractivity contribution is 0.226. The lowest BCUT2D eigenvalue weighted by Crippen LogP contribution is -2.28. The average molecular weight is 268 g/mol. The third kappa shape index (κ3) is 4.51. The molecule has 0 aliphatic carbocycles. The van der Waals surface area contributed by atoms with E-state index < -0.39 is 0 Å². The third-order valence-corrected chi connectivity index (χ3v) is 2.86. The van der Waals surface area contributed by atoms with Gasteiger partial charge in [-0.05, 0) is 19.8 Å². The number of rotatable bonds is 7. The van der Waals surface area contributed by atoms with Crippen LogP contribution in [0.1, 0.15) is 20.8 Å². The summed E-state index contributed by atoms with van der Waals surface area (Å²) in [7, 11) is 3.77. The van der Waals surface area contributed by atoms with Crippen LogP contribution in [0.25, 0.3) is 0 Å². The van der Waals surface area contributed by atoms with Crippen LogP contribution in [0.5, 0.6) is 0 Å². The van der Waals surface area contributed by atoms with Crippen LogP contribution < -0.4 is 15.5 Å². The lowest BCUT2D eigenvalue weighted by Gasteiger charge is -2.20. The van der Waals surface area contributed by atoms with Crippen molar-refractivity contribution in [3.05, 3.63) is 0 Å². The van der Waals surface area contributed by atoms with E-state index in [1.54, 1.807) is 0 Å². The Morgan fingerprint density at radius 2 is 1.79 bits per heavy atom. The van der Waals surface area contributed by atoms with E-state index in [1.807, 2.05) is 39.8 Å². The van der Waals surface area contributed by atoms with Gasteiger partial charge in [0.2, 0.25) is 17.8 Å². The highest BCUT2D eigenvalue weighted by molar-refractivity contribution is 5.43. The van der Waals surface area contributed by atoms with Crippen molar-refractivity contribution in [3.8, 4) is 0 Å². The number of anilines is 3. The molecule has 0 aromatic carbocycles. The molecule has 0 saturated heterocycles. The zero-order chi connectivity index (χ0) is 14.4. The highest BCUT2D eigenvalue weighted by atomic mass is 16.3. The van der Waals surface area contributed by atoms with Gasteiger partial charge in [-0.2, -0.15) is 15.0 Å². The predicted molar refractivity (Wildman–Crippen MR) is 77.7 cm³/mol. The number of aliphatic hydroxyl groups is 1. The molecule has 0 bridgehead atoms. The largest absolute Gasteiger partial charge is 0.396 e. The molecule has 0 aliphatic rings. The molecular weight excluding hydrogens is 244 g/mol. The Kier molecular flexibility index (Phi) is 5.75. The maximum atomic E-state index is 9.15. The van der Waals surface area contributed by atoms with E-state index in [4.69, 9.17) is 5.11 Å². The normalized spacial score (nSPS) is 13.8. The maximum Gasteiger partial charge on any atom is 0.231 e. The number of aliphatic hydroxyl groups excluding tert-OH is 1. The van der Waals surface area contributed by atoms with E-state index in [2.05, 4.69) is 25.6 Å². The Labute approximate surface area is 114 Å². The van der Waals surface area contributed by atoms with Crippen LogP contribution in [-0.4, -0.2) is 53.3 Å². The van der Waals surface area contributed by atoms with Gasteiger partial charge in [0.05, 0.1) is 0 Å². The van der Waals surface area contributed by atoms with Gasteiger partial charge in [-0.1, -0.05) is 6.92 Å². The van der Waals surface area contributed by atoms with E-state index in [-0.39, 0.29) is 18.6 Å². The summed E-state index contributed by atoms with van der Waals surface area (Å²) in [6, 6.07) is 0.0805. The number of hydrogen-bond donors (Lipinski definition) is 3. The second kappa shape index (κ2) is 7.08. The van der Waals surface area contributed by atoms with E-state index in [0.29, 0.717) is 17.8 Å². The highest BCUT2D eigenvalue weighted by Crippen LogP contribution is 2.14. The van der Waals surface area contributed by atoms with E-state index in [1.165, 1.54) is 0 Å². The first-order valence-corrected chi connectivity index (χ1v) is 6.52. The second-order valence-corrected chi connectivity index (χ2v) is 4.80. The highest BCUT2D eigenvalue weighted by Gasteiger charge is 2.14. The van der Waals surface area contributed by atoms with Gasteiger partial charge < -0.3 is 20.6 Å². The summed E-state index contributed by atoms with van der Waals surface area (Å²) in [5.41, 5.74) is 0. The molecule has 2 unspecified atom stereocenters. The van der Waals surface area contributed by atoms with Crippen molar-refractivity contribution >= 4 is 17.8 Å². The molecule has 0 amide bonds. The van der Waals surface area contributed by atoms with Crippen LogP contribution in [0.3, 0.4) is 0 Å². The Hall–Kier alpha value is -1.63. The smallest absolute Gasteiger partial charge is 0.231 e. The van der Waals surface area contributed by atoms with Crippen molar-refractivity contribution in [2.24, 2.45) is 5.92 Å². The minimum atomic E-state index is 0.0805. The van der Waals surface area contributed by atoms with Crippen LogP contribution in [0, 0.1) is 5.92 Å². The predicted octanol–water partition coefficient (Wildman–Crippen LogP) is 0.798. The molecule has 0 fully saturated rings. The minimum absolute atomic E-state index is 0.0805. The molecule has 1 heterocycles. The van der Waals surface area contributed by atoms with Crippen LogP contribution >= 0.6 is 0 Å². The monoisotopic (exact) mass is 268 g/mol. The van der Waals surface area contributed by atoms with Gasteiger partial charge in [0, 0.05) is 33.3 Å². The zero-order valence-corrected chi connectivity index (χ0v) is 12.3. The van der Waals surface area contributed by atoms with Crippen molar-refractivity contribution in [3.63, 3.8) is 0 Å². The first-order valence-electron chi connectivity index (χ1n) is 6.52. The minimum Gasteiger partial charge on any atom is -0.396 e. The fourth-order valence-corrected chi connectivity index (χ4v) is 1.37. The maximum absolute atomic E-state index is 9.15. The molecule has 1 aromatic rings. The van der Waals surface area contributed by atoms with Gasteiger partial charge >= 0.3 is 0 Å². The van der Waals surface area contributed by atoms with Gasteiger partial charge in [-0.15, -0.1) is 0 Å². The molecule has 0 radical (unpaired) electrons. The SMILES string of the molecule is CCNc1nc(NC(C)C(C)CO)nc(N(C)C)n1. The van der Waals surface area contributed by atoms with Crippen molar-refractivity contribution in [2.75, 3.05) is 42.8 Å². The summed E-state index contributed by atoms with van der Waals surface area (Å²) >= 11 is 0. The lowest BCUT2D eigenvalue weighted by atomic mass is 10.1.